The summed E-state index contributed by atoms with van der Waals surface area (Å²) in [6.07, 6.45) is 0.298. The molecule has 1 aromatic carbocycles. The number of hydrogen-bond acceptors (Lipinski definition) is 4. The zero-order valence-electron chi connectivity index (χ0n) is 12.0. The number of aliphatic hydroxyl groups excluding tert-OH is 1. The van der Waals surface area contributed by atoms with Gasteiger partial charge in [0, 0.05) is 7.11 Å². The molecule has 4 heteroatoms. The topological polar surface area (TPSA) is 47.9 Å². The van der Waals surface area contributed by atoms with E-state index < -0.39 is 6.10 Å². The highest BCUT2D eigenvalue weighted by Crippen LogP contribution is 2.24. The molecule has 1 aromatic rings. The maximum atomic E-state index is 10.1. The SMILES string of the molecule is COCCOCOc1cccc(C(O)CC(C)C)c1. The van der Waals surface area contributed by atoms with E-state index in [0.29, 0.717) is 24.9 Å². The van der Waals surface area contributed by atoms with Gasteiger partial charge in [0.2, 0.25) is 0 Å². The molecule has 0 spiro atoms. The van der Waals surface area contributed by atoms with Crippen molar-refractivity contribution in [3.05, 3.63) is 29.8 Å². The van der Waals surface area contributed by atoms with Crippen molar-refractivity contribution < 1.29 is 19.3 Å². The Kier molecular flexibility index (Phi) is 7.48. The van der Waals surface area contributed by atoms with Crippen LogP contribution in [0, 0.1) is 5.92 Å². The van der Waals surface area contributed by atoms with Gasteiger partial charge in [0.05, 0.1) is 19.3 Å². The fourth-order valence-corrected chi connectivity index (χ4v) is 1.71. The lowest BCUT2D eigenvalue weighted by Gasteiger charge is -2.14. The van der Waals surface area contributed by atoms with Gasteiger partial charge < -0.3 is 19.3 Å². The first-order valence-corrected chi connectivity index (χ1v) is 6.61. The highest BCUT2D eigenvalue weighted by Gasteiger charge is 2.10. The minimum Gasteiger partial charge on any atom is -0.468 e. The monoisotopic (exact) mass is 268 g/mol. The summed E-state index contributed by atoms with van der Waals surface area (Å²) in [4.78, 5) is 0. The molecule has 0 aliphatic heterocycles. The van der Waals surface area contributed by atoms with Crippen LogP contribution >= 0.6 is 0 Å². The van der Waals surface area contributed by atoms with E-state index in [0.717, 1.165) is 12.0 Å². The van der Waals surface area contributed by atoms with E-state index in [-0.39, 0.29) is 6.79 Å². The minimum absolute atomic E-state index is 0.188. The van der Waals surface area contributed by atoms with Gasteiger partial charge in [-0.1, -0.05) is 26.0 Å². The van der Waals surface area contributed by atoms with Crippen molar-refractivity contribution in [2.24, 2.45) is 5.92 Å². The second-order valence-corrected chi connectivity index (χ2v) is 4.88. The van der Waals surface area contributed by atoms with Gasteiger partial charge in [0.25, 0.3) is 0 Å². The first-order chi connectivity index (χ1) is 9.13. The Morgan fingerprint density at radius 1 is 1.21 bits per heavy atom. The molecule has 0 saturated heterocycles. The van der Waals surface area contributed by atoms with E-state index in [1.807, 2.05) is 24.3 Å². The first kappa shape index (κ1) is 16.0. The number of benzene rings is 1. The Labute approximate surface area is 115 Å². The lowest BCUT2D eigenvalue weighted by molar-refractivity contribution is -0.00859. The molecular formula is C15H24O4. The highest BCUT2D eigenvalue weighted by molar-refractivity contribution is 5.29. The molecule has 1 unspecified atom stereocenters. The predicted octanol–water partition coefficient (Wildman–Crippen LogP) is 2.77. The van der Waals surface area contributed by atoms with Crippen LogP contribution in [0.4, 0.5) is 0 Å². The summed E-state index contributed by atoms with van der Waals surface area (Å²) in [6, 6.07) is 7.49. The smallest absolute Gasteiger partial charge is 0.189 e. The molecule has 0 fully saturated rings. The maximum Gasteiger partial charge on any atom is 0.189 e. The average Bonchev–Trinajstić information content (AvgIpc) is 2.38. The van der Waals surface area contributed by atoms with Gasteiger partial charge in [-0.2, -0.15) is 0 Å². The fourth-order valence-electron chi connectivity index (χ4n) is 1.71. The van der Waals surface area contributed by atoms with E-state index in [2.05, 4.69) is 13.8 Å². The second-order valence-electron chi connectivity index (χ2n) is 4.88. The molecule has 0 aliphatic carbocycles. The zero-order chi connectivity index (χ0) is 14.1. The van der Waals surface area contributed by atoms with Crippen LogP contribution in [0.1, 0.15) is 31.9 Å². The van der Waals surface area contributed by atoms with Crippen molar-refractivity contribution in [1.82, 2.24) is 0 Å². The van der Waals surface area contributed by atoms with E-state index >= 15 is 0 Å². The summed E-state index contributed by atoms with van der Waals surface area (Å²) in [5.74, 6) is 1.16. The molecule has 1 rings (SSSR count). The summed E-state index contributed by atoms with van der Waals surface area (Å²) in [5, 5.41) is 10.1. The lowest BCUT2D eigenvalue weighted by Crippen LogP contribution is -2.08. The number of methoxy groups -OCH3 is 1. The first-order valence-electron chi connectivity index (χ1n) is 6.61. The van der Waals surface area contributed by atoms with E-state index in [1.165, 1.54) is 0 Å². The molecule has 0 aromatic heterocycles. The number of rotatable bonds is 9. The van der Waals surface area contributed by atoms with Gasteiger partial charge in [-0.15, -0.1) is 0 Å². The molecule has 0 bridgehead atoms. The minimum atomic E-state index is -0.446. The van der Waals surface area contributed by atoms with Crippen molar-refractivity contribution in [2.75, 3.05) is 27.1 Å². The van der Waals surface area contributed by atoms with Crippen LogP contribution in [0.15, 0.2) is 24.3 Å². The van der Waals surface area contributed by atoms with Gasteiger partial charge in [0.15, 0.2) is 6.79 Å². The molecule has 0 heterocycles. The Morgan fingerprint density at radius 2 is 2.00 bits per heavy atom. The molecule has 0 amide bonds. The zero-order valence-corrected chi connectivity index (χ0v) is 12.0. The molecular weight excluding hydrogens is 244 g/mol. The summed E-state index contributed by atoms with van der Waals surface area (Å²) in [6.45, 7) is 5.43. The van der Waals surface area contributed by atoms with Crippen LogP contribution < -0.4 is 4.74 Å². The Balaban J connectivity index is 2.43. The molecule has 0 aliphatic rings. The molecule has 1 atom stereocenters. The van der Waals surface area contributed by atoms with Gasteiger partial charge >= 0.3 is 0 Å². The van der Waals surface area contributed by atoms with Crippen LogP contribution in [-0.2, 0) is 9.47 Å². The van der Waals surface area contributed by atoms with Crippen LogP contribution in [0.25, 0.3) is 0 Å². The maximum absolute atomic E-state index is 10.1. The van der Waals surface area contributed by atoms with Crippen LogP contribution in [0.2, 0.25) is 0 Å². The second kappa shape index (κ2) is 8.91. The molecule has 19 heavy (non-hydrogen) atoms. The van der Waals surface area contributed by atoms with Crippen molar-refractivity contribution in [2.45, 2.75) is 26.4 Å². The molecule has 0 radical (unpaired) electrons. The normalized spacial score (nSPS) is 12.7. The van der Waals surface area contributed by atoms with Crippen LogP contribution in [-0.4, -0.2) is 32.2 Å². The average molecular weight is 268 g/mol. The number of aliphatic hydroxyl groups is 1. The largest absolute Gasteiger partial charge is 0.468 e. The lowest BCUT2D eigenvalue weighted by atomic mass is 9.99. The third kappa shape index (κ3) is 6.57. The van der Waals surface area contributed by atoms with Gasteiger partial charge in [-0.05, 0) is 30.0 Å². The standard InChI is InChI=1S/C15H24O4/c1-12(2)9-15(16)13-5-4-6-14(10-13)19-11-18-8-7-17-3/h4-6,10,12,15-16H,7-9,11H2,1-3H3. The van der Waals surface area contributed by atoms with E-state index in [1.54, 1.807) is 7.11 Å². The van der Waals surface area contributed by atoms with Crippen molar-refractivity contribution in [3.63, 3.8) is 0 Å². The van der Waals surface area contributed by atoms with Crippen molar-refractivity contribution in [3.8, 4) is 5.75 Å². The third-order valence-electron chi connectivity index (χ3n) is 2.68. The molecule has 108 valence electrons. The van der Waals surface area contributed by atoms with Gasteiger partial charge in [-0.25, -0.2) is 0 Å². The Hall–Kier alpha value is -1.10. The number of ether oxygens (including phenoxy) is 3. The fraction of sp³-hybridized carbons (Fsp3) is 0.600. The third-order valence-corrected chi connectivity index (χ3v) is 2.68. The van der Waals surface area contributed by atoms with Gasteiger partial charge in [0.1, 0.15) is 5.75 Å². The summed E-state index contributed by atoms with van der Waals surface area (Å²) >= 11 is 0. The van der Waals surface area contributed by atoms with Crippen molar-refractivity contribution >= 4 is 0 Å². The molecule has 1 N–H and O–H groups in total. The summed E-state index contributed by atoms with van der Waals surface area (Å²) in [7, 11) is 1.63. The Bertz CT molecular complexity index is 352. The van der Waals surface area contributed by atoms with Crippen LogP contribution in [0.3, 0.4) is 0 Å². The Morgan fingerprint density at radius 3 is 2.68 bits per heavy atom. The summed E-state index contributed by atoms with van der Waals surface area (Å²) in [5.41, 5.74) is 0.878. The van der Waals surface area contributed by atoms with Crippen molar-refractivity contribution in [1.29, 1.82) is 0 Å². The van der Waals surface area contributed by atoms with Gasteiger partial charge in [-0.3, -0.25) is 0 Å². The number of hydrogen-bond donors (Lipinski definition) is 1. The molecule has 4 nitrogen and oxygen atoms in total. The highest BCUT2D eigenvalue weighted by atomic mass is 16.7. The summed E-state index contributed by atoms with van der Waals surface area (Å²) < 4.78 is 15.6. The predicted molar refractivity (Wildman–Crippen MR) is 74.2 cm³/mol. The van der Waals surface area contributed by atoms with Crippen LogP contribution in [0.5, 0.6) is 5.75 Å². The molecule has 0 saturated carbocycles. The van der Waals surface area contributed by atoms with E-state index in [9.17, 15) is 5.11 Å². The van der Waals surface area contributed by atoms with E-state index in [4.69, 9.17) is 14.2 Å². The quantitative estimate of drug-likeness (QED) is 0.552.